The SMILES string of the molecule is Cc1cc(C(=O)N2CCC(C(=O)O)CC2)on1. The van der Waals surface area contributed by atoms with Crippen LogP contribution in [0.2, 0.25) is 0 Å². The average molecular weight is 238 g/mol. The summed E-state index contributed by atoms with van der Waals surface area (Å²) < 4.78 is 4.90. The maximum absolute atomic E-state index is 11.9. The average Bonchev–Trinajstić information content (AvgIpc) is 2.75. The lowest BCUT2D eigenvalue weighted by atomic mass is 9.97. The summed E-state index contributed by atoms with van der Waals surface area (Å²) in [5.74, 6) is -1.12. The van der Waals surface area contributed by atoms with Crippen LogP contribution < -0.4 is 0 Å². The Hall–Kier alpha value is -1.85. The van der Waals surface area contributed by atoms with Gasteiger partial charge in [-0.25, -0.2) is 0 Å². The van der Waals surface area contributed by atoms with E-state index in [-0.39, 0.29) is 17.6 Å². The van der Waals surface area contributed by atoms with Gasteiger partial charge in [0, 0.05) is 19.2 Å². The number of aliphatic carboxylic acids is 1. The van der Waals surface area contributed by atoms with Crippen molar-refractivity contribution in [2.24, 2.45) is 5.92 Å². The predicted octanol–water partition coefficient (Wildman–Crippen LogP) is 0.920. The van der Waals surface area contributed by atoms with Crippen molar-refractivity contribution in [2.45, 2.75) is 19.8 Å². The van der Waals surface area contributed by atoms with Crippen LogP contribution in [-0.2, 0) is 4.79 Å². The molecular formula is C11H14N2O4. The normalized spacial score (nSPS) is 17.1. The number of hydrogen-bond donors (Lipinski definition) is 1. The van der Waals surface area contributed by atoms with E-state index in [1.807, 2.05) is 0 Å². The highest BCUT2D eigenvalue weighted by Gasteiger charge is 2.28. The highest BCUT2D eigenvalue weighted by molar-refractivity contribution is 5.91. The molecule has 0 atom stereocenters. The van der Waals surface area contributed by atoms with Crippen LogP contribution in [0.15, 0.2) is 10.6 Å². The fourth-order valence-electron chi connectivity index (χ4n) is 1.95. The van der Waals surface area contributed by atoms with Crippen LogP contribution in [0.5, 0.6) is 0 Å². The van der Waals surface area contributed by atoms with E-state index in [0.717, 1.165) is 0 Å². The summed E-state index contributed by atoms with van der Waals surface area (Å²) in [5.41, 5.74) is 0.661. The van der Waals surface area contributed by atoms with E-state index in [4.69, 9.17) is 9.63 Å². The van der Waals surface area contributed by atoms with E-state index in [2.05, 4.69) is 5.16 Å². The molecule has 1 fully saturated rings. The molecule has 2 heterocycles. The molecule has 6 nitrogen and oxygen atoms in total. The molecule has 0 aliphatic carbocycles. The van der Waals surface area contributed by atoms with Gasteiger partial charge < -0.3 is 14.5 Å². The molecule has 0 saturated carbocycles. The number of carbonyl (C=O) groups excluding carboxylic acids is 1. The van der Waals surface area contributed by atoms with Gasteiger partial charge in [-0.05, 0) is 19.8 Å². The van der Waals surface area contributed by atoms with Crippen molar-refractivity contribution in [3.63, 3.8) is 0 Å². The van der Waals surface area contributed by atoms with Gasteiger partial charge in [-0.1, -0.05) is 5.16 Å². The number of amides is 1. The molecule has 6 heteroatoms. The van der Waals surface area contributed by atoms with Gasteiger partial charge in [0.15, 0.2) is 0 Å². The third-order valence-corrected chi connectivity index (χ3v) is 2.97. The fourth-order valence-corrected chi connectivity index (χ4v) is 1.95. The lowest BCUT2D eigenvalue weighted by Crippen LogP contribution is -2.40. The Morgan fingerprint density at radius 2 is 2.12 bits per heavy atom. The summed E-state index contributed by atoms with van der Waals surface area (Å²) in [6, 6.07) is 1.59. The van der Waals surface area contributed by atoms with Gasteiger partial charge in [-0.15, -0.1) is 0 Å². The van der Waals surface area contributed by atoms with Crippen LogP contribution in [0.1, 0.15) is 29.1 Å². The van der Waals surface area contributed by atoms with Gasteiger partial charge in [-0.3, -0.25) is 9.59 Å². The molecule has 17 heavy (non-hydrogen) atoms. The first-order valence-corrected chi connectivity index (χ1v) is 5.53. The van der Waals surface area contributed by atoms with E-state index in [1.54, 1.807) is 17.9 Å². The highest BCUT2D eigenvalue weighted by atomic mass is 16.5. The van der Waals surface area contributed by atoms with Crippen LogP contribution in [-0.4, -0.2) is 40.1 Å². The first-order valence-electron chi connectivity index (χ1n) is 5.53. The lowest BCUT2D eigenvalue weighted by molar-refractivity contribution is -0.143. The molecule has 0 spiro atoms. The van der Waals surface area contributed by atoms with Gasteiger partial charge >= 0.3 is 5.97 Å². The molecule has 1 aliphatic rings. The highest BCUT2D eigenvalue weighted by Crippen LogP contribution is 2.19. The third-order valence-electron chi connectivity index (χ3n) is 2.97. The van der Waals surface area contributed by atoms with E-state index < -0.39 is 5.97 Å². The number of likely N-dealkylation sites (tertiary alicyclic amines) is 1. The second-order valence-corrected chi connectivity index (χ2v) is 4.24. The van der Waals surface area contributed by atoms with Crippen LogP contribution in [0.4, 0.5) is 0 Å². The zero-order chi connectivity index (χ0) is 12.4. The number of carbonyl (C=O) groups is 2. The number of hydrogen-bond acceptors (Lipinski definition) is 4. The van der Waals surface area contributed by atoms with Crippen molar-refractivity contribution in [1.82, 2.24) is 10.1 Å². The summed E-state index contributed by atoms with van der Waals surface area (Å²) in [5, 5.41) is 12.5. The second-order valence-electron chi connectivity index (χ2n) is 4.24. The minimum absolute atomic E-state index is 0.213. The van der Waals surface area contributed by atoms with E-state index in [1.165, 1.54) is 0 Å². The Morgan fingerprint density at radius 3 is 2.59 bits per heavy atom. The molecule has 92 valence electrons. The molecule has 1 aromatic rings. The summed E-state index contributed by atoms with van der Waals surface area (Å²) in [7, 11) is 0. The summed E-state index contributed by atoms with van der Waals surface area (Å²) in [6.45, 7) is 2.65. The Kier molecular flexibility index (Phi) is 3.12. The molecule has 2 rings (SSSR count). The molecule has 1 saturated heterocycles. The summed E-state index contributed by atoms with van der Waals surface area (Å²) >= 11 is 0. The third kappa shape index (κ3) is 2.46. The monoisotopic (exact) mass is 238 g/mol. The molecule has 1 amide bonds. The van der Waals surface area contributed by atoms with Gasteiger partial charge in [0.25, 0.3) is 5.91 Å². The van der Waals surface area contributed by atoms with E-state index in [0.29, 0.717) is 31.6 Å². The van der Waals surface area contributed by atoms with E-state index >= 15 is 0 Å². The fraction of sp³-hybridized carbons (Fsp3) is 0.545. The van der Waals surface area contributed by atoms with Crippen LogP contribution in [0.3, 0.4) is 0 Å². The number of piperidine rings is 1. The summed E-state index contributed by atoms with van der Waals surface area (Å²) in [4.78, 5) is 24.3. The van der Waals surface area contributed by atoms with Gasteiger partial charge in [0.05, 0.1) is 11.6 Å². The zero-order valence-electron chi connectivity index (χ0n) is 9.55. The number of aryl methyl sites for hydroxylation is 1. The number of carboxylic acids is 1. The quantitative estimate of drug-likeness (QED) is 0.828. The van der Waals surface area contributed by atoms with Crippen LogP contribution in [0, 0.1) is 12.8 Å². The second kappa shape index (κ2) is 4.57. The molecule has 1 aromatic heterocycles. The maximum Gasteiger partial charge on any atom is 0.306 e. The first kappa shape index (κ1) is 11.6. The maximum atomic E-state index is 11.9. The molecule has 0 radical (unpaired) electrons. The Labute approximate surface area is 98.2 Å². The number of nitrogens with zero attached hydrogens (tertiary/aromatic N) is 2. The zero-order valence-corrected chi connectivity index (χ0v) is 9.55. The Bertz CT molecular complexity index is 432. The van der Waals surface area contributed by atoms with Crippen molar-refractivity contribution in [2.75, 3.05) is 13.1 Å². The number of carboxylic acid groups (broad SMARTS) is 1. The minimum atomic E-state index is -0.785. The van der Waals surface area contributed by atoms with Crippen molar-refractivity contribution in [1.29, 1.82) is 0 Å². The Balaban J connectivity index is 1.97. The van der Waals surface area contributed by atoms with E-state index in [9.17, 15) is 9.59 Å². The van der Waals surface area contributed by atoms with Gasteiger partial charge in [0.1, 0.15) is 0 Å². The summed E-state index contributed by atoms with van der Waals surface area (Å²) in [6.07, 6.45) is 0.988. The molecule has 1 aliphatic heterocycles. The van der Waals surface area contributed by atoms with Gasteiger partial charge in [0.2, 0.25) is 5.76 Å². The number of aromatic nitrogens is 1. The Morgan fingerprint density at radius 1 is 1.47 bits per heavy atom. The minimum Gasteiger partial charge on any atom is -0.481 e. The van der Waals surface area contributed by atoms with Crippen LogP contribution >= 0.6 is 0 Å². The number of rotatable bonds is 2. The molecular weight excluding hydrogens is 224 g/mol. The largest absolute Gasteiger partial charge is 0.481 e. The van der Waals surface area contributed by atoms with Gasteiger partial charge in [-0.2, -0.15) is 0 Å². The molecule has 0 aromatic carbocycles. The smallest absolute Gasteiger partial charge is 0.306 e. The topological polar surface area (TPSA) is 83.6 Å². The van der Waals surface area contributed by atoms with Crippen molar-refractivity contribution >= 4 is 11.9 Å². The molecule has 0 bridgehead atoms. The standard InChI is InChI=1S/C11H14N2O4/c1-7-6-9(17-12-7)10(14)13-4-2-8(3-5-13)11(15)16/h6,8H,2-5H2,1H3,(H,15,16). The van der Waals surface area contributed by atoms with Crippen molar-refractivity contribution in [3.05, 3.63) is 17.5 Å². The van der Waals surface area contributed by atoms with Crippen molar-refractivity contribution < 1.29 is 19.2 Å². The first-order chi connectivity index (χ1) is 8.08. The molecule has 1 N–H and O–H groups in total. The van der Waals surface area contributed by atoms with Crippen LogP contribution in [0.25, 0.3) is 0 Å². The molecule has 0 unspecified atom stereocenters. The predicted molar refractivity (Wildman–Crippen MR) is 57.5 cm³/mol. The lowest BCUT2D eigenvalue weighted by Gasteiger charge is -2.29. The van der Waals surface area contributed by atoms with Crippen molar-refractivity contribution in [3.8, 4) is 0 Å².